The van der Waals surface area contributed by atoms with Crippen molar-refractivity contribution in [3.8, 4) is 34.5 Å². The van der Waals surface area contributed by atoms with Crippen LogP contribution in [0, 0.1) is 68.0 Å². The van der Waals surface area contributed by atoms with Gasteiger partial charge in [-0.1, -0.05) is 52.0 Å². The zero-order valence-electron chi connectivity index (χ0n) is 45.2. The summed E-state index contributed by atoms with van der Waals surface area (Å²) in [7, 11) is 0. The van der Waals surface area contributed by atoms with Crippen LogP contribution in [0.25, 0.3) is 0 Å². The molecule has 16 aliphatic carbocycles. The smallest absolute Gasteiger partial charge is 0.142 e. The molecule has 0 aliphatic heterocycles. The maximum Gasteiger partial charge on any atom is 0.142 e. The second-order valence-corrected chi connectivity index (χ2v) is 31.9. The van der Waals surface area contributed by atoms with E-state index in [0.717, 1.165) is 58.5 Å². The predicted octanol–water partition coefficient (Wildman–Crippen LogP) is 16.7. The number of nitrogen functional groups attached to an aromatic ring is 2. The molecule has 8 atom stereocenters. The van der Waals surface area contributed by atoms with E-state index in [2.05, 4.69) is 88.4 Å². The van der Waals surface area contributed by atoms with Crippen molar-refractivity contribution in [3.63, 3.8) is 0 Å². The highest BCUT2D eigenvalue weighted by Crippen LogP contribution is 2.79. The van der Waals surface area contributed by atoms with Crippen LogP contribution < -0.4 is 20.9 Å². The monoisotopic (exact) mass is 993 g/mol. The van der Waals surface area contributed by atoms with E-state index >= 15 is 0 Å². The molecule has 0 amide bonds. The van der Waals surface area contributed by atoms with Crippen molar-refractivity contribution in [2.24, 2.45) is 68.0 Å². The Hall–Kier alpha value is -4.32. The molecule has 6 heteroatoms. The largest absolute Gasteiger partial charge is 0.506 e. The molecule has 20 rings (SSSR count). The molecule has 6 nitrogen and oxygen atoms in total. The fourth-order valence-electron chi connectivity index (χ4n) is 26.1. The van der Waals surface area contributed by atoms with E-state index < -0.39 is 0 Å². The lowest BCUT2D eigenvalue weighted by atomic mass is 9.30. The van der Waals surface area contributed by atoms with Gasteiger partial charge in [0.05, 0.1) is 11.4 Å². The fraction of sp³-hybridized carbons (Fsp3) is 0.647. The number of anilines is 2. The molecule has 74 heavy (non-hydrogen) atoms. The Morgan fingerprint density at radius 1 is 0.378 bits per heavy atom. The van der Waals surface area contributed by atoms with Gasteiger partial charge in [-0.3, -0.25) is 0 Å². The van der Waals surface area contributed by atoms with Gasteiger partial charge in [0.25, 0.3) is 0 Å². The highest BCUT2D eigenvalue weighted by atomic mass is 16.5. The summed E-state index contributed by atoms with van der Waals surface area (Å²) in [5, 5.41) is 22.1. The summed E-state index contributed by atoms with van der Waals surface area (Å²) in [5.41, 5.74) is 22.3. The van der Waals surface area contributed by atoms with Gasteiger partial charge in [0.1, 0.15) is 34.5 Å². The number of nitrogens with two attached hydrogens (primary N) is 2. The van der Waals surface area contributed by atoms with Gasteiger partial charge >= 0.3 is 0 Å². The third kappa shape index (κ3) is 6.53. The van der Waals surface area contributed by atoms with Gasteiger partial charge < -0.3 is 31.2 Å². The number of rotatable bonds is 9. The molecule has 16 aliphatic rings. The van der Waals surface area contributed by atoms with Crippen molar-refractivity contribution in [1.29, 1.82) is 0 Å². The van der Waals surface area contributed by atoms with Crippen molar-refractivity contribution in [2.45, 2.75) is 203 Å². The molecule has 0 aromatic heterocycles. The first kappa shape index (κ1) is 45.8. The zero-order chi connectivity index (χ0) is 50.3. The predicted molar refractivity (Wildman–Crippen MR) is 294 cm³/mol. The Kier molecular flexibility index (Phi) is 8.93. The Bertz CT molecular complexity index is 2760. The molecule has 0 spiro atoms. The first-order valence-corrected chi connectivity index (χ1v) is 30.0. The van der Waals surface area contributed by atoms with Crippen molar-refractivity contribution >= 4 is 11.4 Å². The molecule has 0 heterocycles. The molecular weight excluding hydrogens is 909 g/mol. The van der Waals surface area contributed by atoms with E-state index in [4.69, 9.17) is 20.9 Å². The number of phenolic OH excluding ortho intramolecular Hbond substituents is 2. The molecule has 16 fully saturated rings. The van der Waals surface area contributed by atoms with Gasteiger partial charge in [-0.25, -0.2) is 0 Å². The standard InChI is InChI=1S/C68H84N2O4/c1-59-19-45-20-60(2,33-59)36-65(27-45,35-59)51-15-53(69)55(71)17-57(51)73-49-9-5-47(6-10-49)63-23-41-13-42(24-63)30-67(29-41,39-63)68-31-43-14-44(32-68)26-64(25-43,40-68)48-7-11-50(12-8-48)74-58-18-56(72)54(70)16-52(58)66-28-46-21-61(3,37-66)34-62(4,22-46)38-66/h5-12,15-18,41-46,71-72H,13-14,19-40,69-70H2,1-4H3. The minimum atomic E-state index is 0.0423. The second-order valence-electron chi connectivity index (χ2n) is 31.9. The van der Waals surface area contributed by atoms with E-state index in [-0.39, 0.29) is 33.2 Å². The van der Waals surface area contributed by atoms with Crippen LogP contribution in [-0.4, -0.2) is 10.2 Å². The zero-order valence-corrected chi connectivity index (χ0v) is 45.2. The van der Waals surface area contributed by atoms with Crippen LogP contribution in [0.15, 0.2) is 72.8 Å². The van der Waals surface area contributed by atoms with Crippen LogP contribution in [-0.2, 0) is 21.7 Å². The molecule has 16 saturated carbocycles. The van der Waals surface area contributed by atoms with Crippen molar-refractivity contribution in [3.05, 3.63) is 95.1 Å². The molecule has 390 valence electrons. The summed E-state index contributed by atoms with van der Waals surface area (Å²) >= 11 is 0. The Morgan fingerprint density at radius 3 is 1.03 bits per heavy atom. The van der Waals surface area contributed by atoms with Crippen molar-refractivity contribution < 1.29 is 19.7 Å². The second kappa shape index (κ2) is 14.4. The summed E-state index contributed by atoms with van der Waals surface area (Å²) < 4.78 is 14.0. The van der Waals surface area contributed by atoms with E-state index in [1.807, 2.05) is 12.1 Å². The van der Waals surface area contributed by atoms with Crippen molar-refractivity contribution in [1.82, 2.24) is 0 Å². The van der Waals surface area contributed by atoms with Crippen LogP contribution in [0.2, 0.25) is 0 Å². The summed E-state index contributed by atoms with van der Waals surface area (Å²) in [5.74, 6) is 8.38. The van der Waals surface area contributed by atoms with Gasteiger partial charge in [-0.15, -0.1) is 0 Å². The Morgan fingerprint density at radius 2 is 0.703 bits per heavy atom. The van der Waals surface area contributed by atoms with Crippen LogP contribution in [0.5, 0.6) is 34.5 Å². The van der Waals surface area contributed by atoms with Gasteiger partial charge in [-0.05, 0) is 280 Å². The molecule has 4 aromatic rings. The third-order valence-corrected chi connectivity index (χ3v) is 25.3. The summed E-state index contributed by atoms with van der Waals surface area (Å²) in [6.45, 7) is 10.1. The number of benzene rings is 4. The van der Waals surface area contributed by atoms with Crippen LogP contribution in [0.3, 0.4) is 0 Å². The van der Waals surface area contributed by atoms with E-state index in [0.29, 0.717) is 43.9 Å². The number of hydrogen-bond acceptors (Lipinski definition) is 6. The topological polar surface area (TPSA) is 111 Å². The van der Waals surface area contributed by atoms with E-state index in [1.165, 1.54) is 165 Å². The van der Waals surface area contributed by atoms with Crippen LogP contribution in [0.1, 0.15) is 204 Å². The van der Waals surface area contributed by atoms with E-state index in [9.17, 15) is 10.2 Å². The lowest BCUT2D eigenvalue weighted by Crippen LogP contribution is -2.66. The average Bonchev–Trinajstić information content (AvgIpc) is 3.28. The van der Waals surface area contributed by atoms with E-state index in [1.54, 1.807) is 11.1 Å². The number of phenols is 2. The Balaban J connectivity index is 0.678. The summed E-state index contributed by atoms with van der Waals surface area (Å²) in [6, 6.07) is 26.8. The first-order chi connectivity index (χ1) is 35.2. The highest BCUT2D eigenvalue weighted by Gasteiger charge is 2.70. The Labute approximate surface area is 441 Å². The quantitative estimate of drug-likeness (QED) is 0.0982. The molecule has 0 radical (unpaired) electrons. The van der Waals surface area contributed by atoms with Gasteiger partial charge in [0.2, 0.25) is 0 Å². The molecule has 16 bridgehead atoms. The maximum absolute atomic E-state index is 11.1. The number of aromatic hydroxyl groups is 2. The van der Waals surface area contributed by atoms with Gasteiger partial charge in [0.15, 0.2) is 0 Å². The highest BCUT2D eigenvalue weighted by molar-refractivity contribution is 5.63. The normalized spacial score (nSPS) is 47.2. The molecule has 8 unspecified atom stereocenters. The molecule has 0 saturated heterocycles. The van der Waals surface area contributed by atoms with Gasteiger partial charge in [0, 0.05) is 34.1 Å². The molecule has 4 aromatic carbocycles. The average molecular weight is 993 g/mol. The third-order valence-electron chi connectivity index (χ3n) is 25.3. The molecule has 6 N–H and O–H groups in total. The molecular formula is C68H84N2O4. The first-order valence-electron chi connectivity index (χ1n) is 30.0. The van der Waals surface area contributed by atoms with Crippen molar-refractivity contribution in [2.75, 3.05) is 11.5 Å². The number of hydrogen-bond donors (Lipinski definition) is 4. The maximum atomic E-state index is 11.1. The lowest BCUT2D eigenvalue weighted by molar-refractivity contribution is -0.212. The summed E-state index contributed by atoms with van der Waals surface area (Å²) in [4.78, 5) is 0. The number of ether oxygens (including phenoxy) is 2. The SMILES string of the molecule is CC12CC3CC(C)(C1)CC(c1cc(N)c(O)cc1Oc1ccc(C45CC6CC(C4)CC(C47CC8CC(CC(c9ccc(Oc%10cc(O)c(N)cc%10C%10%11CC%12CC(C)(CC(C)(C%12)C%10)C%11)cc9)(C8)C4)C7)(C6)C5)cc1)(C3)C2. The van der Waals surface area contributed by atoms with Crippen LogP contribution in [0.4, 0.5) is 11.4 Å². The summed E-state index contributed by atoms with van der Waals surface area (Å²) in [6.07, 6.45) is 31.8. The minimum absolute atomic E-state index is 0.0423. The van der Waals surface area contributed by atoms with Gasteiger partial charge in [-0.2, -0.15) is 0 Å². The van der Waals surface area contributed by atoms with Crippen LogP contribution >= 0.6 is 0 Å². The fourth-order valence-corrected chi connectivity index (χ4v) is 26.1. The lowest BCUT2D eigenvalue weighted by Gasteiger charge is -2.74. The minimum Gasteiger partial charge on any atom is -0.506 e.